The fraction of sp³-hybridized carbons (Fsp3) is 0.250. The van der Waals surface area contributed by atoms with Gasteiger partial charge in [-0.25, -0.2) is 0 Å². The van der Waals surface area contributed by atoms with Crippen LogP contribution >= 0.6 is 23.4 Å². The van der Waals surface area contributed by atoms with Crippen LogP contribution < -0.4 is 0 Å². The molecule has 0 fully saturated rings. The van der Waals surface area contributed by atoms with Crippen LogP contribution in [0.5, 0.6) is 0 Å². The van der Waals surface area contributed by atoms with Gasteiger partial charge in [-0.1, -0.05) is 18.2 Å². The SMILES string of the molecule is ClCCSCc1ccnc2ccccc12. The van der Waals surface area contributed by atoms with E-state index in [1.165, 1.54) is 10.9 Å². The van der Waals surface area contributed by atoms with Gasteiger partial charge in [0, 0.05) is 29.0 Å². The lowest BCUT2D eigenvalue weighted by atomic mass is 10.1. The van der Waals surface area contributed by atoms with Crippen molar-refractivity contribution >= 4 is 34.3 Å². The number of rotatable bonds is 4. The number of hydrogen-bond donors (Lipinski definition) is 0. The molecule has 0 aliphatic heterocycles. The molecule has 1 aromatic carbocycles. The van der Waals surface area contributed by atoms with Crippen LogP contribution in [0.1, 0.15) is 5.56 Å². The van der Waals surface area contributed by atoms with Crippen LogP contribution in [-0.2, 0) is 5.75 Å². The number of pyridine rings is 1. The molecule has 1 nitrogen and oxygen atoms in total. The average molecular weight is 238 g/mol. The van der Waals surface area contributed by atoms with E-state index in [0.29, 0.717) is 5.88 Å². The Balaban J connectivity index is 2.26. The summed E-state index contributed by atoms with van der Waals surface area (Å²) >= 11 is 7.51. The van der Waals surface area contributed by atoms with Gasteiger partial charge >= 0.3 is 0 Å². The Bertz CT molecular complexity index is 439. The first-order valence-corrected chi connectivity index (χ1v) is 6.57. The highest BCUT2D eigenvalue weighted by Gasteiger charge is 2.00. The minimum absolute atomic E-state index is 0.716. The van der Waals surface area contributed by atoms with Gasteiger partial charge in [0.2, 0.25) is 0 Å². The molecule has 0 bridgehead atoms. The molecule has 78 valence electrons. The summed E-state index contributed by atoms with van der Waals surface area (Å²) in [6.45, 7) is 0. The van der Waals surface area contributed by atoms with E-state index in [0.717, 1.165) is 17.0 Å². The molecule has 0 saturated carbocycles. The molecular weight excluding hydrogens is 226 g/mol. The lowest BCUT2D eigenvalue weighted by molar-refractivity contribution is 1.34. The molecule has 0 unspecified atom stereocenters. The number of hydrogen-bond acceptors (Lipinski definition) is 2. The fourth-order valence-electron chi connectivity index (χ4n) is 1.52. The van der Waals surface area contributed by atoms with Gasteiger partial charge in [0.15, 0.2) is 0 Å². The number of benzene rings is 1. The monoisotopic (exact) mass is 237 g/mol. The number of halogens is 1. The van der Waals surface area contributed by atoms with Gasteiger partial charge < -0.3 is 0 Å². The molecule has 0 radical (unpaired) electrons. The molecule has 1 aromatic heterocycles. The lowest BCUT2D eigenvalue weighted by Gasteiger charge is -2.04. The van der Waals surface area contributed by atoms with Crippen molar-refractivity contribution in [2.24, 2.45) is 0 Å². The van der Waals surface area contributed by atoms with Gasteiger partial charge in [-0.05, 0) is 17.7 Å². The van der Waals surface area contributed by atoms with Crippen molar-refractivity contribution in [2.75, 3.05) is 11.6 Å². The summed E-state index contributed by atoms with van der Waals surface area (Å²) in [6, 6.07) is 10.3. The van der Waals surface area contributed by atoms with E-state index in [1.807, 2.05) is 30.1 Å². The Morgan fingerprint density at radius 3 is 2.93 bits per heavy atom. The van der Waals surface area contributed by atoms with Crippen molar-refractivity contribution in [1.29, 1.82) is 0 Å². The van der Waals surface area contributed by atoms with Gasteiger partial charge in [0.05, 0.1) is 5.52 Å². The number of aromatic nitrogens is 1. The van der Waals surface area contributed by atoms with Crippen LogP contribution in [0.15, 0.2) is 36.5 Å². The van der Waals surface area contributed by atoms with Crippen LogP contribution in [-0.4, -0.2) is 16.6 Å². The van der Waals surface area contributed by atoms with Crippen molar-refractivity contribution in [1.82, 2.24) is 4.98 Å². The topological polar surface area (TPSA) is 12.9 Å². The van der Waals surface area contributed by atoms with Crippen LogP contribution in [0.4, 0.5) is 0 Å². The minimum atomic E-state index is 0.716. The van der Waals surface area contributed by atoms with Crippen LogP contribution in [0.2, 0.25) is 0 Å². The zero-order valence-electron chi connectivity index (χ0n) is 8.32. The summed E-state index contributed by atoms with van der Waals surface area (Å²) in [5.74, 6) is 2.72. The molecule has 0 aliphatic rings. The van der Waals surface area contributed by atoms with E-state index in [-0.39, 0.29) is 0 Å². The molecule has 0 atom stereocenters. The molecule has 3 heteroatoms. The van der Waals surface area contributed by atoms with Crippen molar-refractivity contribution in [3.63, 3.8) is 0 Å². The molecule has 15 heavy (non-hydrogen) atoms. The van der Waals surface area contributed by atoms with Crippen molar-refractivity contribution in [3.05, 3.63) is 42.1 Å². The second kappa shape index (κ2) is 5.38. The number of fused-ring (bicyclic) bond motifs is 1. The van der Waals surface area contributed by atoms with E-state index < -0.39 is 0 Å². The van der Waals surface area contributed by atoms with E-state index in [1.54, 1.807) is 0 Å². The molecule has 0 N–H and O–H groups in total. The molecule has 2 aromatic rings. The number of nitrogens with zero attached hydrogens (tertiary/aromatic N) is 1. The molecule has 1 heterocycles. The highest BCUT2D eigenvalue weighted by molar-refractivity contribution is 7.98. The smallest absolute Gasteiger partial charge is 0.0705 e. The molecule has 2 rings (SSSR count). The molecule has 0 aliphatic carbocycles. The first-order chi connectivity index (χ1) is 7.42. The maximum absolute atomic E-state index is 5.65. The van der Waals surface area contributed by atoms with Crippen LogP contribution in [0.3, 0.4) is 0 Å². The maximum Gasteiger partial charge on any atom is 0.0705 e. The first-order valence-electron chi connectivity index (χ1n) is 4.88. The molecule has 0 saturated heterocycles. The van der Waals surface area contributed by atoms with Crippen molar-refractivity contribution in [3.8, 4) is 0 Å². The quantitative estimate of drug-likeness (QED) is 0.594. The summed E-state index contributed by atoms with van der Waals surface area (Å²) in [5.41, 5.74) is 2.41. The van der Waals surface area contributed by atoms with E-state index in [4.69, 9.17) is 11.6 Å². The standard InChI is InChI=1S/C12H12ClNS/c13-6-8-15-9-10-5-7-14-12-4-2-1-3-11(10)12/h1-5,7H,6,8-9H2. The predicted octanol–water partition coefficient (Wildman–Crippen LogP) is 3.71. The Hall–Kier alpha value is -0.730. The zero-order chi connectivity index (χ0) is 10.5. The highest BCUT2D eigenvalue weighted by Crippen LogP contribution is 2.20. The Morgan fingerprint density at radius 1 is 1.20 bits per heavy atom. The third-order valence-electron chi connectivity index (χ3n) is 2.22. The largest absolute Gasteiger partial charge is 0.256 e. The lowest BCUT2D eigenvalue weighted by Crippen LogP contribution is -1.88. The summed E-state index contributed by atoms with van der Waals surface area (Å²) in [4.78, 5) is 4.33. The second-order valence-corrected chi connectivity index (χ2v) is 4.71. The average Bonchev–Trinajstić information content (AvgIpc) is 2.30. The second-order valence-electron chi connectivity index (χ2n) is 3.23. The Labute approximate surface area is 98.9 Å². The van der Waals surface area contributed by atoms with Gasteiger partial charge in [0.25, 0.3) is 0 Å². The molecular formula is C12H12ClNS. The van der Waals surface area contributed by atoms with Gasteiger partial charge in [-0.3, -0.25) is 4.98 Å². The van der Waals surface area contributed by atoms with Gasteiger partial charge in [-0.2, -0.15) is 11.8 Å². The first kappa shape index (κ1) is 10.8. The molecule has 0 spiro atoms. The summed E-state index contributed by atoms with van der Waals surface area (Å²) in [6.07, 6.45) is 1.87. The van der Waals surface area contributed by atoms with E-state index in [9.17, 15) is 0 Å². The summed E-state index contributed by atoms with van der Waals surface area (Å²) in [7, 11) is 0. The predicted molar refractivity (Wildman–Crippen MR) is 68.6 cm³/mol. The third-order valence-corrected chi connectivity index (χ3v) is 3.64. The van der Waals surface area contributed by atoms with Crippen molar-refractivity contribution in [2.45, 2.75) is 5.75 Å². The third kappa shape index (κ3) is 2.64. The van der Waals surface area contributed by atoms with Gasteiger partial charge in [-0.15, -0.1) is 11.6 Å². The van der Waals surface area contributed by atoms with Crippen molar-refractivity contribution < 1.29 is 0 Å². The normalized spacial score (nSPS) is 10.7. The van der Waals surface area contributed by atoms with E-state index in [2.05, 4.69) is 23.2 Å². The minimum Gasteiger partial charge on any atom is -0.256 e. The number of thioether (sulfide) groups is 1. The van der Waals surface area contributed by atoms with Crippen LogP contribution in [0, 0.1) is 0 Å². The molecule has 0 amide bonds. The fourth-order valence-corrected chi connectivity index (χ4v) is 2.57. The zero-order valence-corrected chi connectivity index (χ0v) is 9.89. The van der Waals surface area contributed by atoms with E-state index >= 15 is 0 Å². The maximum atomic E-state index is 5.65. The van der Waals surface area contributed by atoms with Gasteiger partial charge in [0.1, 0.15) is 0 Å². The Kier molecular flexibility index (Phi) is 3.87. The summed E-state index contributed by atoms with van der Waals surface area (Å²) in [5, 5.41) is 1.25. The highest BCUT2D eigenvalue weighted by atomic mass is 35.5. The van der Waals surface area contributed by atoms with Crippen LogP contribution in [0.25, 0.3) is 10.9 Å². The Morgan fingerprint density at radius 2 is 2.07 bits per heavy atom. The summed E-state index contributed by atoms with van der Waals surface area (Å²) < 4.78 is 0. The number of alkyl halides is 1. The number of para-hydroxylation sites is 1.